The number of nitrogens with zero attached hydrogens (tertiary/aromatic N) is 1. The molecule has 0 radical (unpaired) electrons. The van der Waals surface area contributed by atoms with Crippen molar-refractivity contribution < 1.29 is 14.7 Å². The fraction of sp³-hybridized carbons (Fsp3) is 0.778. The molecule has 1 heterocycles. The van der Waals surface area contributed by atoms with Crippen LogP contribution >= 0.6 is 0 Å². The van der Waals surface area contributed by atoms with Gasteiger partial charge in [-0.2, -0.15) is 0 Å². The number of likely N-dealkylation sites (N-methyl/N-ethyl adjacent to an activating group) is 1. The van der Waals surface area contributed by atoms with Gasteiger partial charge in [0, 0.05) is 13.1 Å². The Hall–Kier alpha value is -1.10. The Kier molecular flexibility index (Phi) is 3.46. The Morgan fingerprint density at radius 1 is 1.57 bits per heavy atom. The molecule has 0 bridgehead atoms. The lowest BCUT2D eigenvalue weighted by atomic mass is 10.1. The minimum absolute atomic E-state index is 0.0174. The number of hydrogen-bond acceptors (Lipinski definition) is 3. The van der Waals surface area contributed by atoms with Gasteiger partial charge in [0.15, 0.2) is 0 Å². The molecule has 0 spiro atoms. The maximum absolute atomic E-state index is 11.6. The summed E-state index contributed by atoms with van der Waals surface area (Å²) in [5, 5.41) is 11.6. The number of amides is 1. The molecule has 2 N–H and O–H groups in total. The lowest BCUT2D eigenvalue weighted by Gasteiger charge is -2.19. The van der Waals surface area contributed by atoms with Crippen LogP contribution in [0.1, 0.15) is 13.3 Å². The number of hydrogen-bond donors (Lipinski definition) is 2. The van der Waals surface area contributed by atoms with Gasteiger partial charge in [0.25, 0.3) is 0 Å². The predicted octanol–water partition coefficient (Wildman–Crippen LogP) is -0.473. The van der Waals surface area contributed by atoms with Gasteiger partial charge in [-0.25, -0.2) is 0 Å². The first-order valence-corrected chi connectivity index (χ1v) is 4.75. The minimum atomic E-state index is -0.808. The second-order valence-electron chi connectivity index (χ2n) is 3.62. The quantitative estimate of drug-likeness (QED) is 0.646. The van der Waals surface area contributed by atoms with Crippen LogP contribution in [-0.4, -0.2) is 48.1 Å². The predicted molar refractivity (Wildman–Crippen MR) is 50.8 cm³/mol. The largest absolute Gasteiger partial charge is 0.481 e. The number of nitrogens with one attached hydrogen (secondary N) is 1. The van der Waals surface area contributed by atoms with E-state index in [4.69, 9.17) is 5.11 Å². The Bertz CT molecular complexity index is 242. The molecule has 1 saturated heterocycles. The summed E-state index contributed by atoms with van der Waals surface area (Å²) in [6, 6.07) is -0.234. The first-order valence-electron chi connectivity index (χ1n) is 4.75. The second kappa shape index (κ2) is 4.41. The van der Waals surface area contributed by atoms with Gasteiger partial charge in [-0.1, -0.05) is 0 Å². The van der Waals surface area contributed by atoms with Crippen LogP contribution in [0.4, 0.5) is 0 Å². The molecule has 0 aromatic heterocycles. The van der Waals surface area contributed by atoms with Crippen molar-refractivity contribution in [3.05, 3.63) is 0 Å². The average molecular weight is 200 g/mol. The van der Waals surface area contributed by atoms with Crippen LogP contribution in [-0.2, 0) is 9.59 Å². The second-order valence-corrected chi connectivity index (χ2v) is 3.62. The number of carbonyl (C=O) groups excluding carboxylic acids is 1. The van der Waals surface area contributed by atoms with E-state index in [-0.39, 0.29) is 17.9 Å². The maximum atomic E-state index is 11.6. The van der Waals surface area contributed by atoms with Crippen molar-refractivity contribution in [2.45, 2.75) is 19.4 Å². The molecule has 5 nitrogen and oxygen atoms in total. The summed E-state index contributed by atoms with van der Waals surface area (Å²) >= 11 is 0. The van der Waals surface area contributed by atoms with Gasteiger partial charge >= 0.3 is 5.97 Å². The number of rotatable bonds is 3. The Morgan fingerprint density at radius 3 is 2.64 bits per heavy atom. The summed E-state index contributed by atoms with van der Waals surface area (Å²) in [4.78, 5) is 23.9. The smallest absolute Gasteiger partial charge is 0.308 e. The summed E-state index contributed by atoms with van der Waals surface area (Å²) in [6.45, 7) is 2.68. The Balaban J connectivity index is 2.49. The van der Waals surface area contributed by atoms with Crippen molar-refractivity contribution in [3.63, 3.8) is 0 Å². The molecule has 2 atom stereocenters. The van der Waals surface area contributed by atoms with Crippen LogP contribution in [0.5, 0.6) is 0 Å². The number of carbonyl (C=O) groups is 2. The summed E-state index contributed by atoms with van der Waals surface area (Å²) in [7, 11) is 1.72. The van der Waals surface area contributed by atoms with E-state index in [2.05, 4.69) is 5.32 Å². The van der Waals surface area contributed by atoms with Crippen molar-refractivity contribution in [3.8, 4) is 0 Å². The molecule has 0 aliphatic carbocycles. The molecule has 1 aliphatic heterocycles. The lowest BCUT2D eigenvalue weighted by molar-refractivity contribution is -0.141. The molecule has 80 valence electrons. The van der Waals surface area contributed by atoms with Gasteiger partial charge in [-0.3, -0.25) is 9.59 Å². The van der Waals surface area contributed by atoms with Crippen LogP contribution in [0.2, 0.25) is 0 Å². The van der Waals surface area contributed by atoms with E-state index in [0.717, 1.165) is 0 Å². The van der Waals surface area contributed by atoms with Crippen molar-refractivity contribution >= 4 is 11.9 Å². The van der Waals surface area contributed by atoms with Crippen LogP contribution < -0.4 is 5.32 Å². The molecule has 1 amide bonds. The SMILES string of the molecule is CNC(C)C(=O)N1CCC(C(=O)O)C1. The highest BCUT2D eigenvalue weighted by atomic mass is 16.4. The van der Waals surface area contributed by atoms with Crippen molar-refractivity contribution in [1.82, 2.24) is 10.2 Å². The van der Waals surface area contributed by atoms with Crippen LogP contribution in [0.15, 0.2) is 0 Å². The fourth-order valence-corrected chi connectivity index (χ4v) is 1.56. The summed E-state index contributed by atoms with van der Waals surface area (Å²) in [6.07, 6.45) is 0.567. The third-order valence-corrected chi connectivity index (χ3v) is 2.65. The number of aliphatic carboxylic acids is 1. The molecule has 0 saturated carbocycles. The highest BCUT2D eigenvalue weighted by Crippen LogP contribution is 2.16. The van der Waals surface area contributed by atoms with E-state index >= 15 is 0 Å². The molecule has 5 heteroatoms. The monoisotopic (exact) mass is 200 g/mol. The fourth-order valence-electron chi connectivity index (χ4n) is 1.56. The lowest BCUT2D eigenvalue weighted by Crippen LogP contribution is -2.42. The number of carboxylic acid groups (broad SMARTS) is 1. The summed E-state index contributed by atoms with van der Waals surface area (Å²) in [5.41, 5.74) is 0. The first-order chi connectivity index (χ1) is 6.56. The number of likely N-dealkylation sites (tertiary alicyclic amines) is 1. The van der Waals surface area contributed by atoms with Crippen LogP contribution in [0, 0.1) is 5.92 Å². The van der Waals surface area contributed by atoms with E-state index < -0.39 is 5.97 Å². The third-order valence-electron chi connectivity index (χ3n) is 2.65. The topological polar surface area (TPSA) is 69.6 Å². The molecule has 0 aromatic rings. The molecular formula is C9H16N2O3. The van der Waals surface area contributed by atoms with Crippen molar-refractivity contribution in [2.24, 2.45) is 5.92 Å². The van der Waals surface area contributed by atoms with Crippen LogP contribution in [0.3, 0.4) is 0 Å². The molecule has 1 fully saturated rings. The first kappa shape index (κ1) is 11.0. The van der Waals surface area contributed by atoms with Crippen molar-refractivity contribution in [1.29, 1.82) is 0 Å². The van der Waals surface area contributed by atoms with Gasteiger partial charge in [0.2, 0.25) is 5.91 Å². The average Bonchev–Trinajstić information content (AvgIpc) is 2.64. The van der Waals surface area contributed by atoms with Gasteiger partial charge in [-0.05, 0) is 20.4 Å². The Labute approximate surface area is 83.1 Å². The zero-order chi connectivity index (χ0) is 10.7. The van der Waals surface area contributed by atoms with Gasteiger partial charge in [-0.15, -0.1) is 0 Å². The van der Waals surface area contributed by atoms with E-state index in [1.807, 2.05) is 0 Å². The van der Waals surface area contributed by atoms with E-state index in [9.17, 15) is 9.59 Å². The van der Waals surface area contributed by atoms with Crippen molar-refractivity contribution in [2.75, 3.05) is 20.1 Å². The third kappa shape index (κ3) is 2.23. The van der Waals surface area contributed by atoms with Gasteiger partial charge in [0.1, 0.15) is 0 Å². The van der Waals surface area contributed by atoms with E-state index in [1.54, 1.807) is 18.9 Å². The highest BCUT2D eigenvalue weighted by Gasteiger charge is 2.32. The van der Waals surface area contributed by atoms with E-state index in [1.165, 1.54) is 0 Å². The summed E-state index contributed by atoms with van der Waals surface area (Å²) < 4.78 is 0. The zero-order valence-electron chi connectivity index (χ0n) is 8.49. The summed E-state index contributed by atoms with van der Waals surface area (Å²) in [5.74, 6) is -1.21. The van der Waals surface area contributed by atoms with Crippen LogP contribution in [0.25, 0.3) is 0 Å². The normalized spacial score (nSPS) is 23.6. The highest BCUT2D eigenvalue weighted by molar-refractivity contribution is 5.82. The standard InChI is InChI=1S/C9H16N2O3/c1-6(10-2)8(12)11-4-3-7(5-11)9(13)14/h6-7,10H,3-5H2,1-2H3,(H,13,14). The minimum Gasteiger partial charge on any atom is -0.481 e. The molecule has 14 heavy (non-hydrogen) atoms. The molecule has 1 rings (SSSR count). The zero-order valence-corrected chi connectivity index (χ0v) is 8.49. The molecular weight excluding hydrogens is 184 g/mol. The molecule has 1 aliphatic rings. The molecule has 0 aromatic carbocycles. The van der Waals surface area contributed by atoms with Gasteiger partial charge < -0.3 is 15.3 Å². The van der Waals surface area contributed by atoms with Gasteiger partial charge in [0.05, 0.1) is 12.0 Å². The maximum Gasteiger partial charge on any atom is 0.308 e. The number of carboxylic acids is 1. The Morgan fingerprint density at radius 2 is 2.21 bits per heavy atom. The van der Waals surface area contributed by atoms with E-state index in [0.29, 0.717) is 19.5 Å². The molecule has 2 unspecified atom stereocenters.